The number of carbonyl (C=O) groups excluding carboxylic acids is 1. The first-order chi connectivity index (χ1) is 10.1. The largest absolute Gasteiger partial charge is 0.469 e. The molecule has 1 heterocycles. The minimum Gasteiger partial charge on any atom is -0.469 e. The molecule has 1 aromatic heterocycles. The summed E-state index contributed by atoms with van der Waals surface area (Å²) in [5.74, 6) is 0.671. The van der Waals surface area contributed by atoms with Crippen molar-refractivity contribution in [2.24, 2.45) is 0 Å². The number of benzene rings is 1. The van der Waals surface area contributed by atoms with Gasteiger partial charge in [0.2, 0.25) is 0 Å². The third kappa shape index (κ3) is 4.12. The van der Waals surface area contributed by atoms with E-state index in [0.29, 0.717) is 5.56 Å². The van der Waals surface area contributed by atoms with Gasteiger partial charge in [0.25, 0.3) is 0 Å². The third-order valence-electron chi connectivity index (χ3n) is 3.46. The molecule has 21 heavy (non-hydrogen) atoms. The quantitative estimate of drug-likeness (QED) is 0.821. The minimum absolute atomic E-state index is 0.279. The van der Waals surface area contributed by atoms with E-state index in [9.17, 15) is 4.79 Å². The molecule has 4 nitrogen and oxygen atoms in total. The van der Waals surface area contributed by atoms with Gasteiger partial charge in [-0.05, 0) is 50.1 Å². The van der Waals surface area contributed by atoms with E-state index in [1.165, 1.54) is 7.11 Å². The normalized spacial score (nSPS) is 12.0. The Kier molecular flexibility index (Phi) is 5.04. The number of carbonyl (C=O) groups is 1. The number of furan rings is 1. The maximum absolute atomic E-state index is 11.6. The highest BCUT2D eigenvalue weighted by molar-refractivity contribution is 5.90. The molecule has 0 saturated carbocycles. The lowest BCUT2D eigenvalue weighted by Crippen LogP contribution is -2.17. The molecule has 0 fully saturated rings. The lowest BCUT2D eigenvalue weighted by Gasteiger charge is -2.17. The predicted octanol–water partition coefficient (Wildman–Crippen LogP) is 3.81. The fourth-order valence-corrected chi connectivity index (χ4v) is 2.17. The van der Waals surface area contributed by atoms with Crippen LogP contribution in [-0.4, -0.2) is 19.1 Å². The van der Waals surface area contributed by atoms with E-state index >= 15 is 0 Å². The SMILES string of the molecule is COC(=O)c1ccc(C)c(NC(C)CCc2ccco2)c1. The molecule has 0 spiro atoms. The van der Waals surface area contributed by atoms with Gasteiger partial charge >= 0.3 is 5.97 Å². The van der Waals surface area contributed by atoms with Gasteiger partial charge in [-0.3, -0.25) is 0 Å². The number of esters is 1. The Bertz CT molecular complexity index is 590. The van der Waals surface area contributed by atoms with Crippen LogP contribution in [0.1, 0.15) is 35.0 Å². The molecule has 0 saturated heterocycles. The monoisotopic (exact) mass is 287 g/mol. The van der Waals surface area contributed by atoms with Crippen molar-refractivity contribution in [1.82, 2.24) is 0 Å². The van der Waals surface area contributed by atoms with E-state index < -0.39 is 0 Å². The number of hydrogen-bond donors (Lipinski definition) is 1. The summed E-state index contributed by atoms with van der Waals surface area (Å²) in [5, 5.41) is 3.44. The van der Waals surface area contributed by atoms with E-state index in [-0.39, 0.29) is 12.0 Å². The van der Waals surface area contributed by atoms with Gasteiger partial charge in [0.05, 0.1) is 18.9 Å². The molecular weight excluding hydrogens is 266 g/mol. The summed E-state index contributed by atoms with van der Waals surface area (Å²) in [6.45, 7) is 4.13. The molecule has 0 radical (unpaired) electrons. The van der Waals surface area contributed by atoms with Gasteiger partial charge < -0.3 is 14.5 Å². The van der Waals surface area contributed by atoms with Crippen LogP contribution in [0.5, 0.6) is 0 Å². The Morgan fingerprint density at radius 3 is 2.86 bits per heavy atom. The van der Waals surface area contributed by atoms with Crippen molar-refractivity contribution in [2.75, 3.05) is 12.4 Å². The molecule has 1 unspecified atom stereocenters. The highest BCUT2D eigenvalue weighted by Gasteiger charge is 2.10. The van der Waals surface area contributed by atoms with E-state index in [0.717, 1.165) is 29.9 Å². The standard InChI is InChI=1S/C17H21NO3/c1-12-6-8-14(17(19)20-3)11-16(12)18-13(2)7-9-15-5-4-10-21-15/h4-6,8,10-11,13,18H,7,9H2,1-3H3. The second-order valence-electron chi connectivity index (χ2n) is 5.18. The number of ether oxygens (including phenoxy) is 1. The van der Waals surface area contributed by atoms with Gasteiger partial charge in [-0.25, -0.2) is 4.79 Å². The molecule has 0 aliphatic carbocycles. The number of nitrogens with one attached hydrogen (secondary N) is 1. The molecule has 1 atom stereocenters. The zero-order chi connectivity index (χ0) is 15.2. The van der Waals surface area contributed by atoms with Gasteiger partial charge in [0.1, 0.15) is 5.76 Å². The first-order valence-electron chi connectivity index (χ1n) is 7.08. The number of anilines is 1. The van der Waals surface area contributed by atoms with Crippen molar-refractivity contribution in [2.45, 2.75) is 32.7 Å². The molecule has 112 valence electrons. The van der Waals surface area contributed by atoms with Crippen LogP contribution in [0.2, 0.25) is 0 Å². The van der Waals surface area contributed by atoms with Crippen LogP contribution in [0.15, 0.2) is 41.0 Å². The lowest BCUT2D eigenvalue weighted by molar-refractivity contribution is 0.0601. The fourth-order valence-electron chi connectivity index (χ4n) is 2.17. The topological polar surface area (TPSA) is 51.5 Å². The van der Waals surface area contributed by atoms with Gasteiger partial charge in [-0.1, -0.05) is 6.07 Å². The summed E-state index contributed by atoms with van der Waals surface area (Å²) in [7, 11) is 1.39. The molecule has 2 rings (SSSR count). The zero-order valence-corrected chi connectivity index (χ0v) is 12.7. The average Bonchev–Trinajstić information content (AvgIpc) is 3.00. The average molecular weight is 287 g/mol. The van der Waals surface area contributed by atoms with Crippen LogP contribution in [0.3, 0.4) is 0 Å². The van der Waals surface area contributed by atoms with E-state index in [4.69, 9.17) is 9.15 Å². The van der Waals surface area contributed by atoms with E-state index in [2.05, 4.69) is 12.2 Å². The smallest absolute Gasteiger partial charge is 0.337 e. The van der Waals surface area contributed by atoms with Gasteiger partial charge in [-0.2, -0.15) is 0 Å². The Morgan fingerprint density at radius 1 is 1.38 bits per heavy atom. The van der Waals surface area contributed by atoms with Crippen molar-refractivity contribution in [3.05, 3.63) is 53.5 Å². The second-order valence-corrected chi connectivity index (χ2v) is 5.18. The van der Waals surface area contributed by atoms with Gasteiger partial charge in [-0.15, -0.1) is 0 Å². The van der Waals surface area contributed by atoms with Crippen LogP contribution in [-0.2, 0) is 11.2 Å². The first kappa shape index (κ1) is 15.2. The molecule has 0 aliphatic rings. The van der Waals surface area contributed by atoms with Crippen molar-refractivity contribution in [3.63, 3.8) is 0 Å². The molecule has 0 bridgehead atoms. The number of methoxy groups -OCH3 is 1. The van der Waals surface area contributed by atoms with Crippen molar-refractivity contribution in [3.8, 4) is 0 Å². The molecule has 2 aromatic rings. The Balaban J connectivity index is 1.99. The molecule has 0 amide bonds. The van der Waals surface area contributed by atoms with Gasteiger partial charge in [0, 0.05) is 18.2 Å². The summed E-state index contributed by atoms with van der Waals surface area (Å²) in [6, 6.07) is 9.70. The highest BCUT2D eigenvalue weighted by Crippen LogP contribution is 2.19. The summed E-state index contributed by atoms with van der Waals surface area (Å²) in [4.78, 5) is 11.6. The molecule has 1 N–H and O–H groups in total. The van der Waals surface area contributed by atoms with E-state index in [1.807, 2.05) is 31.2 Å². The van der Waals surface area contributed by atoms with Crippen LogP contribution in [0, 0.1) is 6.92 Å². The fraction of sp³-hybridized carbons (Fsp3) is 0.353. The van der Waals surface area contributed by atoms with Crippen LogP contribution < -0.4 is 5.32 Å². The van der Waals surface area contributed by atoms with E-state index in [1.54, 1.807) is 12.3 Å². The summed E-state index contributed by atoms with van der Waals surface area (Å²) < 4.78 is 10.1. The van der Waals surface area contributed by atoms with Gasteiger partial charge in [0.15, 0.2) is 0 Å². The van der Waals surface area contributed by atoms with Crippen LogP contribution in [0.25, 0.3) is 0 Å². The molecular formula is C17H21NO3. The summed E-state index contributed by atoms with van der Waals surface area (Å²) >= 11 is 0. The number of aryl methyl sites for hydroxylation is 2. The Labute approximate surface area is 125 Å². The molecule has 0 aliphatic heterocycles. The Hall–Kier alpha value is -2.23. The highest BCUT2D eigenvalue weighted by atomic mass is 16.5. The van der Waals surface area contributed by atoms with Crippen molar-refractivity contribution >= 4 is 11.7 Å². The second kappa shape index (κ2) is 6.97. The predicted molar refractivity (Wildman–Crippen MR) is 82.6 cm³/mol. The third-order valence-corrected chi connectivity index (χ3v) is 3.46. The number of rotatable bonds is 6. The Morgan fingerprint density at radius 2 is 2.19 bits per heavy atom. The number of hydrogen-bond acceptors (Lipinski definition) is 4. The minimum atomic E-state index is -0.318. The summed E-state index contributed by atoms with van der Waals surface area (Å²) in [5.41, 5.74) is 2.63. The maximum atomic E-state index is 11.6. The van der Waals surface area contributed by atoms with Crippen LogP contribution in [0.4, 0.5) is 5.69 Å². The summed E-state index contributed by atoms with van der Waals surface area (Å²) in [6.07, 6.45) is 3.53. The maximum Gasteiger partial charge on any atom is 0.337 e. The zero-order valence-electron chi connectivity index (χ0n) is 12.7. The first-order valence-corrected chi connectivity index (χ1v) is 7.08. The molecule has 4 heteroatoms. The molecule has 1 aromatic carbocycles. The lowest BCUT2D eigenvalue weighted by atomic mass is 10.1. The van der Waals surface area contributed by atoms with Crippen molar-refractivity contribution < 1.29 is 13.9 Å². The van der Waals surface area contributed by atoms with Crippen LogP contribution >= 0.6 is 0 Å². The van der Waals surface area contributed by atoms with Crippen molar-refractivity contribution in [1.29, 1.82) is 0 Å².